The largest absolute Gasteiger partial charge is 0.544 e. The summed E-state index contributed by atoms with van der Waals surface area (Å²) in [5.41, 5.74) is 0. The minimum atomic E-state index is -0.475. The molecule has 1 saturated carbocycles. The summed E-state index contributed by atoms with van der Waals surface area (Å²) < 4.78 is -0.0419. The maximum atomic E-state index is 11.1. The van der Waals surface area contributed by atoms with E-state index in [0.29, 0.717) is 17.5 Å². The highest BCUT2D eigenvalue weighted by Gasteiger charge is 2.45. The third kappa shape index (κ3) is 3.02. The first-order valence-corrected chi connectivity index (χ1v) is 7.26. The van der Waals surface area contributed by atoms with Crippen LogP contribution in [0.15, 0.2) is 17.4 Å². The SMILES string of the molecule is O=[N+]([O-])C1=NC=C[N+]1(CCO)CNC1CCCC1Br. The van der Waals surface area contributed by atoms with Crippen molar-refractivity contribution in [2.75, 3.05) is 19.8 Å². The minimum absolute atomic E-state index is 0.0419. The van der Waals surface area contributed by atoms with E-state index in [0.717, 1.165) is 19.3 Å². The Morgan fingerprint density at radius 3 is 3.00 bits per heavy atom. The number of nitrogens with one attached hydrogen (secondary N) is 1. The van der Waals surface area contributed by atoms with E-state index in [1.165, 1.54) is 6.20 Å². The van der Waals surface area contributed by atoms with Crippen LogP contribution >= 0.6 is 15.9 Å². The summed E-state index contributed by atoms with van der Waals surface area (Å²) in [6, 6.07) is 0.315. The maximum absolute atomic E-state index is 11.1. The molecule has 3 atom stereocenters. The van der Waals surface area contributed by atoms with E-state index in [1.807, 2.05) is 0 Å². The van der Waals surface area contributed by atoms with Crippen LogP contribution in [0.1, 0.15) is 19.3 Å². The average molecular weight is 334 g/mol. The number of nitrogens with zero attached hydrogens (tertiary/aromatic N) is 3. The van der Waals surface area contributed by atoms with E-state index in [2.05, 4.69) is 26.2 Å². The first kappa shape index (κ1) is 14.6. The van der Waals surface area contributed by atoms with E-state index in [9.17, 15) is 15.2 Å². The van der Waals surface area contributed by atoms with Crippen LogP contribution in [0.25, 0.3) is 0 Å². The van der Waals surface area contributed by atoms with Gasteiger partial charge in [0, 0.05) is 20.8 Å². The van der Waals surface area contributed by atoms with Crippen molar-refractivity contribution in [1.29, 1.82) is 0 Å². The van der Waals surface area contributed by atoms with Crippen molar-refractivity contribution in [3.05, 3.63) is 22.5 Å². The van der Waals surface area contributed by atoms with Gasteiger partial charge in [-0.3, -0.25) is 5.32 Å². The molecule has 0 aromatic carbocycles. The first-order valence-electron chi connectivity index (χ1n) is 6.34. The minimum Gasteiger partial charge on any atom is -0.390 e. The smallest absolute Gasteiger partial charge is 0.390 e. The fourth-order valence-corrected chi connectivity index (χ4v) is 3.37. The number of aliphatic hydroxyl groups is 1. The van der Waals surface area contributed by atoms with Gasteiger partial charge in [0.2, 0.25) is 0 Å². The molecule has 0 bridgehead atoms. The van der Waals surface area contributed by atoms with Crippen LogP contribution in [-0.2, 0) is 0 Å². The third-order valence-electron chi connectivity index (χ3n) is 3.67. The van der Waals surface area contributed by atoms with Gasteiger partial charge in [0.1, 0.15) is 13.2 Å². The van der Waals surface area contributed by atoms with Gasteiger partial charge >= 0.3 is 5.96 Å². The molecule has 1 heterocycles. The summed E-state index contributed by atoms with van der Waals surface area (Å²) in [7, 11) is 0. The van der Waals surface area contributed by atoms with Crippen LogP contribution in [0.5, 0.6) is 0 Å². The number of aliphatic imine (C=N–C) groups is 1. The van der Waals surface area contributed by atoms with Gasteiger partial charge in [0.05, 0.1) is 6.61 Å². The third-order valence-corrected chi connectivity index (χ3v) is 4.77. The predicted octanol–water partition coefficient (Wildman–Crippen LogP) is 0.776. The average Bonchev–Trinajstić information content (AvgIpc) is 2.94. The van der Waals surface area contributed by atoms with Crippen molar-refractivity contribution in [3.63, 3.8) is 0 Å². The second-order valence-corrected chi connectivity index (χ2v) is 6.06. The lowest BCUT2D eigenvalue weighted by Gasteiger charge is -2.28. The molecule has 0 saturated heterocycles. The molecule has 0 aromatic rings. The molecule has 8 heteroatoms. The molecule has 3 unspecified atom stereocenters. The number of quaternary nitrogens is 1. The molecule has 2 N–H and O–H groups in total. The summed E-state index contributed by atoms with van der Waals surface area (Å²) >= 11 is 3.61. The van der Waals surface area contributed by atoms with Crippen molar-refractivity contribution in [1.82, 2.24) is 5.32 Å². The van der Waals surface area contributed by atoms with E-state index >= 15 is 0 Å². The number of alkyl halides is 1. The van der Waals surface area contributed by atoms with E-state index in [1.54, 1.807) is 6.20 Å². The summed E-state index contributed by atoms with van der Waals surface area (Å²) in [6.45, 7) is 0.508. The van der Waals surface area contributed by atoms with Crippen LogP contribution < -0.4 is 5.32 Å². The zero-order valence-electron chi connectivity index (χ0n) is 10.5. The van der Waals surface area contributed by atoms with E-state index in [4.69, 9.17) is 0 Å². The highest BCUT2D eigenvalue weighted by Crippen LogP contribution is 2.26. The normalized spacial score (nSPS) is 33.7. The Morgan fingerprint density at radius 2 is 2.42 bits per heavy atom. The molecule has 0 amide bonds. The highest BCUT2D eigenvalue weighted by molar-refractivity contribution is 9.09. The second kappa shape index (κ2) is 6.08. The molecule has 7 nitrogen and oxygen atoms in total. The Kier molecular flexibility index (Phi) is 4.67. The van der Waals surface area contributed by atoms with Gasteiger partial charge in [-0.25, -0.2) is 0 Å². The molecule has 0 spiro atoms. The van der Waals surface area contributed by atoms with Crippen molar-refractivity contribution in [2.45, 2.75) is 30.1 Å². The van der Waals surface area contributed by atoms with Crippen LogP contribution in [0.2, 0.25) is 0 Å². The second-order valence-electron chi connectivity index (χ2n) is 4.88. The lowest BCUT2D eigenvalue weighted by molar-refractivity contribution is -0.825. The Hall–Kier alpha value is -0.830. The van der Waals surface area contributed by atoms with Gasteiger partial charge in [-0.15, -0.1) is 0 Å². The van der Waals surface area contributed by atoms with E-state index in [-0.39, 0.29) is 23.6 Å². The molecule has 1 aliphatic carbocycles. The Morgan fingerprint density at radius 1 is 1.63 bits per heavy atom. The van der Waals surface area contributed by atoms with Gasteiger partial charge in [-0.2, -0.15) is 4.48 Å². The molecule has 2 rings (SSSR count). The maximum Gasteiger partial charge on any atom is 0.544 e. The van der Waals surface area contributed by atoms with Gasteiger partial charge in [0.15, 0.2) is 12.4 Å². The summed E-state index contributed by atoms with van der Waals surface area (Å²) in [6.07, 6.45) is 6.43. The van der Waals surface area contributed by atoms with Crippen LogP contribution in [-0.4, -0.2) is 51.2 Å². The predicted molar refractivity (Wildman–Crippen MR) is 74.1 cm³/mol. The van der Waals surface area contributed by atoms with Crippen molar-refractivity contribution < 1.29 is 14.5 Å². The van der Waals surface area contributed by atoms with Gasteiger partial charge in [-0.1, -0.05) is 22.4 Å². The molecule has 1 aliphatic heterocycles. The standard InChI is InChI=1S/C11H18BrN4O3/c12-9-2-1-3-10(9)14-8-16(6-7-17)5-4-13-11(16)15(18)19/h4-5,9-10,14,17H,1-3,6-8H2/q+1. The number of aliphatic hydroxyl groups excluding tert-OH is 1. The summed E-state index contributed by atoms with van der Waals surface area (Å²) in [5, 5.41) is 23.6. The van der Waals surface area contributed by atoms with Crippen LogP contribution in [0, 0.1) is 10.1 Å². The fraction of sp³-hybridized carbons (Fsp3) is 0.727. The number of halogens is 1. The van der Waals surface area contributed by atoms with Gasteiger partial charge < -0.3 is 15.2 Å². The number of nitro groups is 1. The molecular formula is C11H18BrN4O3+. The number of hydrogen-bond acceptors (Lipinski definition) is 5. The van der Waals surface area contributed by atoms with Crippen molar-refractivity contribution in [2.24, 2.45) is 4.99 Å². The van der Waals surface area contributed by atoms with Crippen LogP contribution in [0.4, 0.5) is 0 Å². The molecular weight excluding hydrogens is 316 g/mol. The molecule has 0 aromatic heterocycles. The lowest BCUT2D eigenvalue weighted by atomic mass is 10.2. The molecule has 106 valence electrons. The molecule has 0 radical (unpaired) electrons. The fourth-order valence-electron chi connectivity index (χ4n) is 2.60. The number of guanidine groups is 1. The zero-order valence-corrected chi connectivity index (χ0v) is 12.1. The number of hydrogen-bond donors (Lipinski definition) is 2. The first-order chi connectivity index (χ1) is 9.09. The summed E-state index contributed by atoms with van der Waals surface area (Å²) in [5.74, 6) is -0.134. The molecule has 19 heavy (non-hydrogen) atoms. The van der Waals surface area contributed by atoms with Crippen molar-refractivity contribution >= 4 is 21.9 Å². The van der Waals surface area contributed by atoms with Gasteiger partial charge in [-0.05, 0) is 12.8 Å². The van der Waals surface area contributed by atoms with Gasteiger partial charge in [0.25, 0.3) is 0 Å². The summed E-state index contributed by atoms with van der Waals surface area (Å²) in [4.78, 5) is 14.8. The van der Waals surface area contributed by atoms with E-state index < -0.39 is 4.92 Å². The zero-order chi connectivity index (χ0) is 13.9. The lowest BCUT2D eigenvalue weighted by Crippen LogP contribution is -2.57. The molecule has 1 fully saturated rings. The molecule has 2 aliphatic rings. The monoisotopic (exact) mass is 333 g/mol. The van der Waals surface area contributed by atoms with Crippen molar-refractivity contribution in [3.8, 4) is 0 Å². The Bertz CT molecular complexity index is 415. The van der Waals surface area contributed by atoms with Crippen LogP contribution in [0.3, 0.4) is 0 Å². The quantitative estimate of drug-likeness (QED) is 0.337. The Labute approximate surface area is 119 Å². The Balaban J connectivity index is 2.05. The number of rotatable bonds is 5. The topological polar surface area (TPSA) is 87.8 Å². The highest BCUT2D eigenvalue weighted by atomic mass is 79.9.